The number of aromatic carboxylic acids is 1. The molecule has 2 rings (SSSR count). The number of amides is 2. The lowest BCUT2D eigenvalue weighted by molar-refractivity contribution is -0.128. The Morgan fingerprint density at radius 3 is 2.71 bits per heavy atom. The largest absolute Gasteiger partial charge is 0.478 e. The van der Waals surface area contributed by atoms with Crippen molar-refractivity contribution < 1.29 is 19.5 Å². The van der Waals surface area contributed by atoms with Crippen LogP contribution in [0.15, 0.2) is 18.2 Å². The molecule has 1 atom stereocenters. The van der Waals surface area contributed by atoms with Crippen LogP contribution >= 0.6 is 0 Å². The number of hydrogen-bond acceptors (Lipinski definition) is 4. The highest BCUT2D eigenvalue weighted by atomic mass is 16.4. The maximum absolute atomic E-state index is 12.3. The Kier molecular flexibility index (Phi) is 3.84. The van der Waals surface area contributed by atoms with Crippen LogP contribution in [0.4, 0.5) is 5.69 Å². The average Bonchev–Trinajstić information content (AvgIpc) is 2.42. The summed E-state index contributed by atoms with van der Waals surface area (Å²) in [5.41, 5.74) is 4.55. The van der Waals surface area contributed by atoms with Crippen molar-refractivity contribution in [2.45, 2.75) is 25.3 Å². The summed E-state index contributed by atoms with van der Waals surface area (Å²) in [7, 11) is 0. The number of carboxylic acids is 1. The van der Waals surface area contributed by atoms with Gasteiger partial charge in [-0.1, -0.05) is 0 Å². The maximum Gasteiger partial charge on any atom is 0.336 e. The third kappa shape index (κ3) is 2.96. The fourth-order valence-electron chi connectivity index (χ4n) is 2.33. The van der Waals surface area contributed by atoms with Gasteiger partial charge in [0.25, 0.3) is 5.91 Å². The predicted molar refractivity (Wildman–Crippen MR) is 75.9 cm³/mol. The van der Waals surface area contributed by atoms with Crippen LogP contribution in [0.5, 0.6) is 0 Å². The van der Waals surface area contributed by atoms with Gasteiger partial charge in [0.15, 0.2) is 0 Å². The van der Waals surface area contributed by atoms with Crippen molar-refractivity contribution in [3.63, 3.8) is 0 Å². The van der Waals surface area contributed by atoms with Crippen molar-refractivity contribution in [1.29, 1.82) is 0 Å². The zero-order valence-corrected chi connectivity index (χ0v) is 11.6. The van der Waals surface area contributed by atoms with E-state index >= 15 is 0 Å². The van der Waals surface area contributed by atoms with Crippen LogP contribution in [0.1, 0.15) is 40.5 Å². The molecule has 0 bridgehead atoms. The zero-order chi connectivity index (χ0) is 15.6. The van der Waals surface area contributed by atoms with Crippen LogP contribution in [-0.2, 0) is 4.79 Å². The molecule has 5 N–H and O–H groups in total. The van der Waals surface area contributed by atoms with Crippen LogP contribution < -0.4 is 16.4 Å². The highest BCUT2D eigenvalue weighted by Gasteiger charge is 2.37. The standard InChI is InChI=1S/C14H17N3O4/c1-14(5-2-6-16-13(14)21)17-11(18)9-4-3-8(15)7-10(9)12(19)20/h3-4,7H,2,5-6,15H2,1H3,(H,16,21)(H,17,18)(H,19,20)/t14-/m1/s1. The van der Waals surface area contributed by atoms with Crippen molar-refractivity contribution in [2.75, 3.05) is 12.3 Å². The summed E-state index contributed by atoms with van der Waals surface area (Å²) in [6.07, 6.45) is 1.25. The minimum absolute atomic E-state index is 0.0173. The molecule has 112 valence electrons. The third-order valence-electron chi connectivity index (χ3n) is 3.55. The second-order valence-electron chi connectivity index (χ2n) is 5.26. The monoisotopic (exact) mass is 291 g/mol. The number of nitrogen functional groups attached to an aromatic ring is 1. The van der Waals surface area contributed by atoms with Gasteiger partial charge in [0, 0.05) is 12.2 Å². The lowest BCUT2D eigenvalue weighted by atomic mass is 9.90. The number of nitrogens with one attached hydrogen (secondary N) is 2. The second-order valence-corrected chi connectivity index (χ2v) is 5.26. The van der Waals surface area contributed by atoms with E-state index in [-0.39, 0.29) is 22.7 Å². The van der Waals surface area contributed by atoms with Gasteiger partial charge >= 0.3 is 5.97 Å². The Morgan fingerprint density at radius 2 is 2.10 bits per heavy atom. The number of rotatable bonds is 3. The SMILES string of the molecule is C[C@@]1(NC(=O)c2ccc(N)cc2C(=O)O)CCCNC1=O. The van der Waals surface area contributed by atoms with Gasteiger partial charge in [-0.2, -0.15) is 0 Å². The number of nitrogens with two attached hydrogens (primary N) is 1. The summed E-state index contributed by atoms with van der Waals surface area (Å²) in [4.78, 5) is 35.4. The first-order valence-electron chi connectivity index (χ1n) is 6.57. The van der Waals surface area contributed by atoms with Gasteiger partial charge in [-0.25, -0.2) is 4.79 Å². The van der Waals surface area contributed by atoms with Gasteiger partial charge in [-0.15, -0.1) is 0 Å². The van der Waals surface area contributed by atoms with Crippen molar-refractivity contribution in [3.05, 3.63) is 29.3 Å². The van der Waals surface area contributed by atoms with Crippen LogP contribution in [0.25, 0.3) is 0 Å². The van der Waals surface area contributed by atoms with E-state index in [4.69, 9.17) is 10.8 Å². The number of anilines is 1. The maximum atomic E-state index is 12.3. The van der Waals surface area contributed by atoms with Crippen LogP contribution in [0.3, 0.4) is 0 Å². The molecule has 0 spiro atoms. The second kappa shape index (κ2) is 5.43. The Hall–Kier alpha value is -2.57. The highest BCUT2D eigenvalue weighted by Crippen LogP contribution is 2.19. The molecule has 1 aromatic carbocycles. The molecule has 1 heterocycles. The van der Waals surface area contributed by atoms with Gasteiger partial charge in [0.1, 0.15) is 5.54 Å². The molecule has 7 nitrogen and oxygen atoms in total. The van der Waals surface area contributed by atoms with Gasteiger partial charge in [-0.05, 0) is 38.0 Å². The summed E-state index contributed by atoms with van der Waals surface area (Å²) in [6, 6.07) is 4.02. The molecule has 0 aromatic heterocycles. The van der Waals surface area contributed by atoms with E-state index in [0.29, 0.717) is 13.0 Å². The van der Waals surface area contributed by atoms with E-state index in [2.05, 4.69) is 10.6 Å². The summed E-state index contributed by atoms with van der Waals surface area (Å²) in [5.74, 6) is -2.12. The summed E-state index contributed by atoms with van der Waals surface area (Å²) in [6.45, 7) is 2.20. The van der Waals surface area contributed by atoms with Crippen LogP contribution in [0.2, 0.25) is 0 Å². The molecule has 1 saturated heterocycles. The molecular formula is C14H17N3O4. The zero-order valence-electron chi connectivity index (χ0n) is 11.6. The van der Waals surface area contributed by atoms with Crippen molar-refractivity contribution >= 4 is 23.5 Å². The van der Waals surface area contributed by atoms with Crippen molar-refractivity contribution in [2.24, 2.45) is 0 Å². The Morgan fingerprint density at radius 1 is 1.38 bits per heavy atom. The number of carboxylic acid groups (broad SMARTS) is 1. The number of carbonyl (C=O) groups excluding carboxylic acids is 2. The van der Waals surface area contributed by atoms with E-state index < -0.39 is 17.4 Å². The quantitative estimate of drug-likeness (QED) is 0.599. The molecule has 1 aliphatic rings. The Balaban J connectivity index is 2.28. The lowest BCUT2D eigenvalue weighted by Gasteiger charge is -2.33. The molecule has 1 aliphatic heterocycles. The van der Waals surface area contributed by atoms with E-state index in [0.717, 1.165) is 6.42 Å². The van der Waals surface area contributed by atoms with Gasteiger partial charge in [-0.3, -0.25) is 9.59 Å². The molecule has 7 heteroatoms. The topological polar surface area (TPSA) is 122 Å². The highest BCUT2D eigenvalue weighted by molar-refractivity contribution is 6.07. The number of piperidine rings is 1. The summed E-state index contributed by atoms with van der Waals surface area (Å²) in [5, 5.41) is 14.5. The Labute approximate surface area is 121 Å². The summed E-state index contributed by atoms with van der Waals surface area (Å²) < 4.78 is 0. The number of hydrogen-bond donors (Lipinski definition) is 4. The fraction of sp³-hybridized carbons (Fsp3) is 0.357. The van der Waals surface area contributed by atoms with Gasteiger partial charge in [0.2, 0.25) is 5.91 Å². The van der Waals surface area contributed by atoms with E-state index in [1.165, 1.54) is 18.2 Å². The normalized spacial score (nSPS) is 21.5. The van der Waals surface area contributed by atoms with Crippen molar-refractivity contribution in [1.82, 2.24) is 10.6 Å². The Bertz CT molecular complexity index is 614. The lowest BCUT2D eigenvalue weighted by Crippen LogP contribution is -2.59. The molecule has 0 unspecified atom stereocenters. The molecular weight excluding hydrogens is 274 g/mol. The third-order valence-corrected chi connectivity index (χ3v) is 3.55. The van der Waals surface area contributed by atoms with E-state index in [1.54, 1.807) is 6.92 Å². The predicted octanol–water partition coefficient (Wildman–Crippen LogP) is 0.366. The van der Waals surface area contributed by atoms with Gasteiger partial charge < -0.3 is 21.5 Å². The first kappa shape index (κ1) is 14.8. The molecule has 1 fully saturated rings. The minimum Gasteiger partial charge on any atom is -0.478 e. The fourth-order valence-corrected chi connectivity index (χ4v) is 2.33. The average molecular weight is 291 g/mol. The van der Waals surface area contributed by atoms with Gasteiger partial charge in [0.05, 0.1) is 11.1 Å². The molecule has 21 heavy (non-hydrogen) atoms. The molecule has 2 amide bonds. The van der Waals surface area contributed by atoms with Crippen molar-refractivity contribution in [3.8, 4) is 0 Å². The van der Waals surface area contributed by atoms with Crippen LogP contribution in [-0.4, -0.2) is 35.0 Å². The molecule has 1 aromatic rings. The summed E-state index contributed by atoms with van der Waals surface area (Å²) >= 11 is 0. The molecule has 0 aliphatic carbocycles. The van der Waals surface area contributed by atoms with E-state index in [1.807, 2.05) is 0 Å². The minimum atomic E-state index is -1.24. The first-order chi connectivity index (χ1) is 9.83. The first-order valence-corrected chi connectivity index (χ1v) is 6.57. The van der Waals surface area contributed by atoms with E-state index in [9.17, 15) is 14.4 Å². The molecule has 0 saturated carbocycles. The molecule has 0 radical (unpaired) electrons. The number of carbonyl (C=O) groups is 3. The van der Waals surface area contributed by atoms with Crippen LogP contribution in [0, 0.1) is 0 Å². The smallest absolute Gasteiger partial charge is 0.336 e. The number of benzene rings is 1.